The number of fused-ring (bicyclic) bond motifs is 1. The molecular formula is C22H23F3N4O5. The summed E-state index contributed by atoms with van der Waals surface area (Å²) < 4.78 is 43.7. The van der Waals surface area contributed by atoms with Crippen LogP contribution in [0.5, 0.6) is 0 Å². The van der Waals surface area contributed by atoms with Crippen molar-refractivity contribution in [2.75, 3.05) is 18.9 Å². The fraction of sp³-hybridized carbons (Fsp3) is 0.364. The number of alkyl halides is 3. The van der Waals surface area contributed by atoms with Crippen LogP contribution in [0.1, 0.15) is 36.2 Å². The standard InChI is InChI=1S/C22H23F3N4O5/c1-26-12-17(30)27-16-10-5-11-29(19(16)32)20(34-21(33)22(23,24)25)18(31)28-15-9-4-7-13-6-2-3-8-14(13)15/h2-3,5-6,8,10-11,15,20,26H,4,7,9,12H2,1H3,(H,27,30)(H,28,31). The highest BCUT2D eigenvalue weighted by atomic mass is 19.4. The van der Waals surface area contributed by atoms with E-state index in [0.29, 0.717) is 11.0 Å². The average molecular weight is 480 g/mol. The highest BCUT2D eigenvalue weighted by Gasteiger charge is 2.44. The first-order valence-electron chi connectivity index (χ1n) is 10.4. The number of likely N-dealkylation sites (N-methyl/N-ethyl adjacent to an activating group) is 1. The number of rotatable bonds is 7. The molecule has 34 heavy (non-hydrogen) atoms. The Labute approximate surface area is 192 Å². The van der Waals surface area contributed by atoms with Crippen molar-refractivity contribution < 1.29 is 32.3 Å². The van der Waals surface area contributed by atoms with Crippen molar-refractivity contribution in [1.82, 2.24) is 15.2 Å². The molecule has 0 fully saturated rings. The van der Waals surface area contributed by atoms with Crippen molar-refractivity contribution in [1.29, 1.82) is 0 Å². The number of amides is 2. The zero-order chi connectivity index (χ0) is 24.9. The lowest BCUT2D eigenvalue weighted by Gasteiger charge is -2.28. The largest absolute Gasteiger partial charge is 0.491 e. The van der Waals surface area contributed by atoms with Crippen molar-refractivity contribution >= 4 is 23.5 Å². The molecule has 0 radical (unpaired) electrons. The number of aryl methyl sites for hydroxylation is 1. The number of ether oxygens (including phenoxy) is 1. The molecule has 1 aliphatic carbocycles. The summed E-state index contributed by atoms with van der Waals surface area (Å²) in [7, 11) is 1.50. The highest BCUT2D eigenvalue weighted by Crippen LogP contribution is 2.30. The summed E-state index contributed by atoms with van der Waals surface area (Å²) in [6.07, 6.45) is -4.63. The second-order valence-corrected chi connectivity index (χ2v) is 7.62. The number of aromatic nitrogens is 1. The lowest BCUT2D eigenvalue weighted by atomic mass is 9.88. The average Bonchev–Trinajstić information content (AvgIpc) is 2.78. The van der Waals surface area contributed by atoms with Gasteiger partial charge < -0.3 is 20.7 Å². The summed E-state index contributed by atoms with van der Waals surface area (Å²) in [4.78, 5) is 49.3. The molecule has 9 nitrogen and oxygen atoms in total. The van der Waals surface area contributed by atoms with E-state index in [4.69, 9.17) is 0 Å². The van der Waals surface area contributed by atoms with Gasteiger partial charge in [0, 0.05) is 6.20 Å². The minimum Gasteiger partial charge on any atom is -0.425 e. The third-order valence-corrected chi connectivity index (χ3v) is 5.20. The van der Waals surface area contributed by atoms with E-state index in [9.17, 15) is 32.3 Å². The van der Waals surface area contributed by atoms with Crippen molar-refractivity contribution in [2.45, 2.75) is 37.7 Å². The van der Waals surface area contributed by atoms with Crippen LogP contribution in [0, 0.1) is 0 Å². The molecular weight excluding hydrogens is 457 g/mol. The molecule has 1 aromatic carbocycles. The molecule has 1 aliphatic rings. The fourth-order valence-corrected chi connectivity index (χ4v) is 3.70. The molecule has 12 heteroatoms. The van der Waals surface area contributed by atoms with E-state index in [2.05, 4.69) is 20.7 Å². The van der Waals surface area contributed by atoms with E-state index in [1.807, 2.05) is 12.1 Å². The van der Waals surface area contributed by atoms with Crippen LogP contribution >= 0.6 is 0 Å². The zero-order valence-electron chi connectivity index (χ0n) is 18.1. The molecule has 182 valence electrons. The van der Waals surface area contributed by atoms with Crippen LogP contribution in [0.3, 0.4) is 0 Å². The maximum atomic E-state index is 13.1. The molecule has 0 saturated heterocycles. The highest BCUT2D eigenvalue weighted by molar-refractivity contribution is 5.92. The zero-order valence-corrected chi connectivity index (χ0v) is 18.1. The Balaban J connectivity index is 1.94. The number of nitrogens with one attached hydrogen (secondary N) is 3. The Morgan fingerprint density at radius 2 is 1.91 bits per heavy atom. The van der Waals surface area contributed by atoms with Crippen LogP contribution in [0.25, 0.3) is 0 Å². The number of carbonyl (C=O) groups excluding carboxylic acids is 3. The van der Waals surface area contributed by atoms with Crippen molar-refractivity contribution in [3.8, 4) is 0 Å². The summed E-state index contributed by atoms with van der Waals surface area (Å²) in [5.74, 6) is -4.34. The van der Waals surface area contributed by atoms with E-state index in [1.54, 1.807) is 12.1 Å². The van der Waals surface area contributed by atoms with Crippen LogP contribution in [-0.4, -0.2) is 42.1 Å². The van der Waals surface area contributed by atoms with Gasteiger partial charge >= 0.3 is 12.1 Å². The topological polar surface area (TPSA) is 119 Å². The lowest BCUT2D eigenvalue weighted by molar-refractivity contribution is -0.209. The van der Waals surface area contributed by atoms with Gasteiger partial charge in [-0.2, -0.15) is 13.2 Å². The number of carbonyl (C=O) groups is 3. The molecule has 0 aliphatic heterocycles. The Morgan fingerprint density at radius 1 is 1.18 bits per heavy atom. The van der Waals surface area contributed by atoms with Crippen LogP contribution < -0.4 is 21.5 Å². The van der Waals surface area contributed by atoms with E-state index < -0.39 is 41.8 Å². The predicted molar refractivity (Wildman–Crippen MR) is 115 cm³/mol. The number of pyridine rings is 1. The quantitative estimate of drug-likeness (QED) is 0.521. The third-order valence-electron chi connectivity index (χ3n) is 5.20. The molecule has 2 aromatic rings. The Morgan fingerprint density at radius 3 is 2.62 bits per heavy atom. The van der Waals surface area contributed by atoms with Gasteiger partial charge in [-0.1, -0.05) is 24.3 Å². The van der Waals surface area contributed by atoms with Crippen molar-refractivity contribution in [3.63, 3.8) is 0 Å². The Bertz CT molecular complexity index is 1130. The molecule has 2 unspecified atom stereocenters. The van der Waals surface area contributed by atoms with E-state index in [0.717, 1.165) is 30.2 Å². The van der Waals surface area contributed by atoms with Crippen molar-refractivity contribution in [2.24, 2.45) is 0 Å². The molecule has 3 rings (SSSR count). The van der Waals surface area contributed by atoms with Crippen molar-refractivity contribution in [3.05, 3.63) is 64.1 Å². The van der Waals surface area contributed by atoms with Gasteiger partial charge in [0.15, 0.2) is 0 Å². The lowest BCUT2D eigenvalue weighted by Crippen LogP contribution is -2.43. The fourth-order valence-electron chi connectivity index (χ4n) is 3.70. The SMILES string of the molecule is CNCC(=O)Nc1cccn(C(OC(=O)C(F)(F)F)C(=O)NC2CCCc3ccccc32)c1=O. The molecule has 1 aromatic heterocycles. The van der Waals surface area contributed by atoms with Gasteiger partial charge in [0.1, 0.15) is 5.69 Å². The number of hydrogen-bond acceptors (Lipinski definition) is 6. The maximum Gasteiger partial charge on any atom is 0.491 e. The van der Waals surface area contributed by atoms with Gasteiger partial charge in [-0.25, -0.2) is 4.79 Å². The first kappa shape index (κ1) is 25.0. The van der Waals surface area contributed by atoms with E-state index >= 15 is 0 Å². The molecule has 0 saturated carbocycles. The number of halogens is 3. The number of nitrogens with zero attached hydrogens (tertiary/aromatic N) is 1. The van der Waals surface area contributed by atoms with Gasteiger partial charge in [-0.15, -0.1) is 0 Å². The maximum absolute atomic E-state index is 13.1. The monoisotopic (exact) mass is 480 g/mol. The molecule has 3 N–H and O–H groups in total. The first-order valence-corrected chi connectivity index (χ1v) is 10.4. The van der Waals surface area contributed by atoms with Gasteiger partial charge in [0.2, 0.25) is 5.91 Å². The van der Waals surface area contributed by atoms with Crippen LogP contribution in [0.15, 0.2) is 47.4 Å². The third kappa shape index (κ3) is 5.81. The first-order chi connectivity index (χ1) is 16.1. The van der Waals surface area contributed by atoms with Gasteiger partial charge in [0.05, 0.1) is 12.6 Å². The minimum absolute atomic E-state index is 0.137. The Hall–Kier alpha value is -3.67. The Kier molecular flexibility index (Phi) is 7.72. The number of benzene rings is 1. The normalized spacial score (nSPS) is 16.2. The molecule has 0 spiro atoms. The second kappa shape index (κ2) is 10.5. The summed E-state index contributed by atoms with van der Waals surface area (Å²) in [5, 5.41) is 7.47. The van der Waals surface area contributed by atoms with E-state index in [1.165, 1.54) is 19.2 Å². The predicted octanol–water partition coefficient (Wildman–Crippen LogP) is 1.80. The van der Waals surface area contributed by atoms with Crippen LogP contribution in [-0.2, 0) is 25.5 Å². The minimum atomic E-state index is -5.39. The summed E-state index contributed by atoms with van der Waals surface area (Å²) in [6, 6.07) is 9.19. The van der Waals surface area contributed by atoms with Crippen LogP contribution in [0.4, 0.5) is 18.9 Å². The van der Waals surface area contributed by atoms with Gasteiger partial charge in [-0.3, -0.25) is 19.0 Å². The molecule has 2 amide bonds. The van der Waals surface area contributed by atoms with Gasteiger partial charge in [0.25, 0.3) is 17.7 Å². The summed E-state index contributed by atoms with van der Waals surface area (Å²) in [6.45, 7) is -0.137. The number of anilines is 1. The summed E-state index contributed by atoms with van der Waals surface area (Å²) in [5.41, 5.74) is 0.454. The smallest absolute Gasteiger partial charge is 0.425 e. The number of hydrogen-bond donors (Lipinski definition) is 3. The van der Waals surface area contributed by atoms with Gasteiger partial charge in [-0.05, 0) is 49.6 Å². The summed E-state index contributed by atoms with van der Waals surface area (Å²) >= 11 is 0. The van der Waals surface area contributed by atoms with E-state index in [-0.39, 0.29) is 12.2 Å². The number of esters is 1. The second-order valence-electron chi connectivity index (χ2n) is 7.62. The molecule has 0 bridgehead atoms. The van der Waals surface area contributed by atoms with Crippen LogP contribution in [0.2, 0.25) is 0 Å². The molecule has 2 atom stereocenters. The molecule has 1 heterocycles.